The summed E-state index contributed by atoms with van der Waals surface area (Å²) in [7, 11) is 0. The van der Waals surface area contributed by atoms with Crippen molar-refractivity contribution in [2.24, 2.45) is 5.92 Å². The molecule has 3 amide bonds. The highest BCUT2D eigenvalue weighted by molar-refractivity contribution is 5.94. The third-order valence-corrected chi connectivity index (χ3v) is 4.87. The lowest BCUT2D eigenvalue weighted by atomic mass is 9.86. The molecule has 0 aliphatic heterocycles. The molecule has 1 heterocycles. The summed E-state index contributed by atoms with van der Waals surface area (Å²) in [4.78, 5) is 24.9. The summed E-state index contributed by atoms with van der Waals surface area (Å²) in [6.07, 6.45) is -0.431. The van der Waals surface area contributed by atoms with Crippen LogP contribution in [0.15, 0.2) is 24.3 Å². The molecule has 3 rings (SSSR count). The Labute approximate surface area is 164 Å². The second-order valence-corrected chi connectivity index (χ2v) is 7.11. The first-order valence-electron chi connectivity index (χ1n) is 9.28. The minimum atomic E-state index is -4.49. The lowest BCUT2D eigenvalue weighted by Crippen LogP contribution is -2.48. The van der Waals surface area contributed by atoms with Crippen molar-refractivity contribution in [2.45, 2.75) is 51.4 Å². The SMILES string of the molecule is CC1CCCCC1NC(=O)NC(=O)Cn1nnc(-c2cccc(C(F)(F)F)c2)n1. The number of carbonyl (C=O) groups is 2. The van der Waals surface area contributed by atoms with Crippen LogP contribution < -0.4 is 10.6 Å². The van der Waals surface area contributed by atoms with Crippen molar-refractivity contribution in [1.29, 1.82) is 0 Å². The summed E-state index contributed by atoms with van der Waals surface area (Å²) in [5.41, 5.74) is -0.715. The zero-order valence-electron chi connectivity index (χ0n) is 15.7. The summed E-state index contributed by atoms with van der Waals surface area (Å²) in [5, 5.41) is 16.3. The third-order valence-electron chi connectivity index (χ3n) is 4.87. The van der Waals surface area contributed by atoms with E-state index in [0.717, 1.165) is 42.6 Å². The highest BCUT2D eigenvalue weighted by Crippen LogP contribution is 2.31. The predicted molar refractivity (Wildman–Crippen MR) is 96.3 cm³/mol. The normalized spacial score (nSPS) is 19.6. The Bertz CT molecular complexity index is 882. The number of benzene rings is 1. The molecule has 2 atom stereocenters. The van der Waals surface area contributed by atoms with Crippen LogP contribution in [0, 0.1) is 5.92 Å². The maximum atomic E-state index is 12.8. The number of imide groups is 1. The number of rotatable bonds is 4. The number of nitrogens with zero attached hydrogens (tertiary/aromatic N) is 4. The molecule has 29 heavy (non-hydrogen) atoms. The molecule has 1 aliphatic carbocycles. The molecule has 0 radical (unpaired) electrons. The lowest BCUT2D eigenvalue weighted by molar-refractivity contribution is -0.137. The molecular weight excluding hydrogens is 389 g/mol. The maximum Gasteiger partial charge on any atom is 0.416 e. The van der Waals surface area contributed by atoms with Gasteiger partial charge in [-0.05, 0) is 36.1 Å². The number of alkyl halides is 3. The van der Waals surface area contributed by atoms with Crippen molar-refractivity contribution >= 4 is 11.9 Å². The first-order valence-corrected chi connectivity index (χ1v) is 9.28. The predicted octanol–water partition coefficient (Wildman–Crippen LogP) is 2.76. The van der Waals surface area contributed by atoms with E-state index in [0.29, 0.717) is 5.92 Å². The van der Waals surface area contributed by atoms with E-state index >= 15 is 0 Å². The summed E-state index contributed by atoms with van der Waals surface area (Å²) >= 11 is 0. The number of hydrogen-bond donors (Lipinski definition) is 2. The zero-order valence-corrected chi connectivity index (χ0v) is 15.7. The van der Waals surface area contributed by atoms with Crippen molar-refractivity contribution in [1.82, 2.24) is 30.8 Å². The van der Waals surface area contributed by atoms with Crippen molar-refractivity contribution in [2.75, 3.05) is 0 Å². The molecule has 11 heteroatoms. The van der Waals surface area contributed by atoms with Crippen LogP contribution in [0.4, 0.5) is 18.0 Å². The third kappa shape index (κ3) is 5.52. The molecular formula is C18H21F3N6O2. The second kappa shape index (κ2) is 8.58. The molecule has 1 saturated carbocycles. The average molecular weight is 410 g/mol. The van der Waals surface area contributed by atoms with Crippen LogP contribution in [0.25, 0.3) is 11.4 Å². The van der Waals surface area contributed by atoms with Gasteiger partial charge in [-0.1, -0.05) is 31.9 Å². The number of aromatic nitrogens is 4. The smallest absolute Gasteiger partial charge is 0.335 e. The fourth-order valence-electron chi connectivity index (χ4n) is 3.29. The van der Waals surface area contributed by atoms with Gasteiger partial charge in [0.2, 0.25) is 5.82 Å². The number of hydrogen-bond acceptors (Lipinski definition) is 5. The topological polar surface area (TPSA) is 102 Å². The Morgan fingerprint density at radius 2 is 2.00 bits per heavy atom. The number of tetrazole rings is 1. The Morgan fingerprint density at radius 3 is 2.72 bits per heavy atom. The number of nitrogens with one attached hydrogen (secondary N) is 2. The van der Waals surface area contributed by atoms with Crippen molar-refractivity contribution in [3.8, 4) is 11.4 Å². The minimum absolute atomic E-state index is 0.0218. The molecule has 1 aromatic carbocycles. The first-order chi connectivity index (χ1) is 13.7. The molecule has 1 aromatic heterocycles. The molecule has 156 valence electrons. The average Bonchev–Trinajstić information content (AvgIpc) is 3.11. The quantitative estimate of drug-likeness (QED) is 0.807. The molecule has 1 fully saturated rings. The van der Waals surface area contributed by atoms with E-state index in [1.54, 1.807) is 0 Å². The van der Waals surface area contributed by atoms with E-state index in [4.69, 9.17) is 0 Å². The fourth-order valence-corrected chi connectivity index (χ4v) is 3.29. The maximum absolute atomic E-state index is 12.8. The molecule has 0 spiro atoms. The van der Waals surface area contributed by atoms with Gasteiger partial charge in [-0.2, -0.15) is 18.0 Å². The summed E-state index contributed by atoms with van der Waals surface area (Å²) in [5.74, 6) is -0.361. The van der Waals surface area contributed by atoms with Crippen LogP contribution in [0.3, 0.4) is 0 Å². The van der Waals surface area contributed by atoms with Crippen molar-refractivity contribution in [3.05, 3.63) is 29.8 Å². The summed E-state index contributed by atoms with van der Waals surface area (Å²) < 4.78 is 38.5. The van der Waals surface area contributed by atoms with Crippen LogP contribution in [0.5, 0.6) is 0 Å². The Hall–Kier alpha value is -2.98. The molecule has 2 N–H and O–H groups in total. The van der Waals surface area contributed by atoms with E-state index in [2.05, 4.69) is 33.0 Å². The largest absolute Gasteiger partial charge is 0.416 e. The van der Waals surface area contributed by atoms with Gasteiger partial charge in [0.05, 0.1) is 5.56 Å². The van der Waals surface area contributed by atoms with E-state index in [1.165, 1.54) is 12.1 Å². The summed E-state index contributed by atoms with van der Waals surface area (Å²) in [6.45, 7) is 1.67. The molecule has 0 saturated heterocycles. The van der Waals surface area contributed by atoms with Gasteiger partial charge in [-0.25, -0.2) is 4.79 Å². The van der Waals surface area contributed by atoms with E-state index in [-0.39, 0.29) is 24.0 Å². The standard InChI is InChI=1S/C18H21F3N6O2/c1-11-5-2-3-8-14(11)22-17(29)23-15(28)10-27-25-16(24-26-27)12-6-4-7-13(9-12)18(19,20)21/h4,6-7,9,11,14H,2-3,5,8,10H2,1H3,(H2,22,23,28,29). The van der Waals surface area contributed by atoms with Gasteiger partial charge < -0.3 is 5.32 Å². The zero-order chi connectivity index (χ0) is 21.0. The van der Waals surface area contributed by atoms with E-state index in [1.807, 2.05) is 0 Å². The number of carbonyl (C=O) groups excluding carboxylic acids is 2. The number of halogens is 3. The van der Waals surface area contributed by atoms with Crippen LogP contribution in [-0.4, -0.2) is 38.2 Å². The van der Waals surface area contributed by atoms with E-state index in [9.17, 15) is 22.8 Å². The monoisotopic (exact) mass is 410 g/mol. The Morgan fingerprint density at radius 1 is 1.24 bits per heavy atom. The first kappa shape index (κ1) is 20.7. The Balaban J connectivity index is 1.57. The molecule has 2 unspecified atom stereocenters. The van der Waals surface area contributed by atoms with Gasteiger partial charge in [0.15, 0.2) is 0 Å². The van der Waals surface area contributed by atoms with Gasteiger partial charge >= 0.3 is 12.2 Å². The molecule has 2 aromatic rings. The highest BCUT2D eigenvalue weighted by atomic mass is 19.4. The van der Waals surface area contributed by atoms with Gasteiger partial charge in [-0.3, -0.25) is 10.1 Å². The van der Waals surface area contributed by atoms with Gasteiger partial charge in [0.1, 0.15) is 6.54 Å². The van der Waals surface area contributed by atoms with Gasteiger partial charge in [0, 0.05) is 11.6 Å². The van der Waals surface area contributed by atoms with Gasteiger partial charge in [-0.15, -0.1) is 10.2 Å². The summed E-state index contributed by atoms with van der Waals surface area (Å²) in [6, 6.07) is 3.92. The lowest BCUT2D eigenvalue weighted by Gasteiger charge is -2.29. The second-order valence-electron chi connectivity index (χ2n) is 7.11. The fraction of sp³-hybridized carbons (Fsp3) is 0.500. The number of urea groups is 1. The van der Waals surface area contributed by atoms with Crippen LogP contribution in [-0.2, 0) is 17.5 Å². The van der Waals surface area contributed by atoms with E-state index < -0.39 is 23.7 Å². The molecule has 1 aliphatic rings. The van der Waals surface area contributed by atoms with Crippen LogP contribution >= 0.6 is 0 Å². The van der Waals surface area contributed by atoms with Crippen LogP contribution in [0.1, 0.15) is 38.2 Å². The molecule has 0 bridgehead atoms. The van der Waals surface area contributed by atoms with Crippen molar-refractivity contribution in [3.63, 3.8) is 0 Å². The highest BCUT2D eigenvalue weighted by Gasteiger charge is 2.30. The molecule has 8 nitrogen and oxygen atoms in total. The minimum Gasteiger partial charge on any atom is -0.335 e. The Kier molecular flexibility index (Phi) is 6.14. The van der Waals surface area contributed by atoms with Gasteiger partial charge in [0.25, 0.3) is 5.91 Å². The van der Waals surface area contributed by atoms with Crippen molar-refractivity contribution < 1.29 is 22.8 Å². The number of amides is 3. The van der Waals surface area contributed by atoms with Crippen LogP contribution in [0.2, 0.25) is 0 Å².